The molecule has 0 radical (unpaired) electrons. The lowest BCUT2D eigenvalue weighted by atomic mass is 10.2. The highest BCUT2D eigenvalue weighted by atomic mass is 32.1. The third kappa shape index (κ3) is 3.61. The summed E-state index contributed by atoms with van der Waals surface area (Å²) >= 11 is 1.58. The molecule has 0 unspecified atom stereocenters. The van der Waals surface area contributed by atoms with Crippen molar-refractivity contribution in [3.05, 3.63) is 83.9 Å². The predicted octanol–water partition coefficient (Wildman–Crippen LogP) is 4.86. The molecule has 0 aliphatic heterocycles. The number of amides is 1. The lowest BCUT2D eigenvalue weighted by molar-refractivity contribution is 0.102. The molecule has 0 fully saturated rings. The molecular formula is C21H17N3O2S. The van der Waals surface area contributed by atoms with Crippen LogP contribution in [0.5, 0.6) is 5.75 Å². The molecule has 0 saturated carbocycles. The summed E-state index contributed by atoms with van der Waals surface area (Å²) in [5.74, 6) is 0.431. The maximum atomic E-state index is 12.7. The van der Waals surface area contributed by atoms with Gasteiger partial charge in [0, 0.05) is 5.56 Å². The van der Waals surface area contributed by atoms with E-state index in [-0.39, 0.29) is 5.91 Å². The average molecular weight is 375 g/mol. The van der Waals surface area contributed by atoms with E-state index in [0.29, 0.717) is 17.0 Å². The molecule has 0 atom stereocenters. The topological polar surface area (TPSA) is 56.1 Å². The summed E-state index contributed by atoms with van der Waals surface area (Å²) in [6.45, 7) is 0. The van der Waals surface area contributed by atoms with E-state index >= 15 is 0 Å². The number of ether oxygens (including phenoxy) is 1. The molecule has 6 heteroatoms. The van der Waals surface area contributed by atoms with Gasteiger partial charge in [0.05, 0.1) is 29.6 Å². The average Bonchev–Trinajstić information content (AvgIpc) is 3.38. The molecule has 1 N–H and O–H groups in total. The second-order valence-corrected chi connectivity index (χ2v) is 6.78. The van der Waals surface area contributed by atoms with Gasteiger partial charge in [-0.1, -0.05) is 30.3 Å². The van der Waals surface area contributed by atoms with Gasteiger partial charge in [0.25, 0.3) is 5.91 Å². The number of rotatable bonds is 5. The van der Waals surface area contributed by atoms with Crippen molar-refractivity contribution in [2.45, 2.75) is 0 Å². The minimum absolute atomic E-state index is 0.209. The zero-order valence-electron chi connectivity index (χ0n) is 14.6. The van der Waals surface area contributed by atoms with Crippen molar-refractivity contribution in [1.29, 1.82) is 0 Å². The zero-order valence-corrected chi connectivity index (χ0v) is 15.4. The van der Waals surface area contributed by atoms with Crippen LogP contribution in [0.25, 0.3) is 16.3 Å². The van der Waals surface area contributed by atoms with Crippen LogP contribution in [0.3, 0.4) is 0 Å². The predicted molar refractivity (Wildman–Crippen MR) is 108 cm³/mol. The van der Waals surface area contributed by atoms with Gasteiger partial charge >= 0.3 is 0 Å². The highest BCUT2D eigenvalue weighted by molar-refractivity contribution is 7.13. The first-order chi connectivity index (χ1) is 13.2. The van der Waals surface area contributed by atoms with Gasteiger partial charge in [-0.05, 0) is 41.8 Å². The van der Waals surface area contributed by atoms with Crippen molar-refractivity contribution < 1.29 is 9.53 Å². The fraction of sp³-hybridized carbons (Fsp3) is 0.0476. The second-order valence-electron chi connectivity index (χ2n) is 5.83. The Morgan fingerprint density at radius 2 is 1.93 bits per heavy atom. The Hall–Kier alpha value is -3.38. The van der Waals surface area contributed by atoms with Gasteiger partial charge in [-0.15, -0.1) is 11.3 Å². The van der Waals surface area contributed by atoms with Crippen LogP contribution in [0.15, 0.2) is 78.3 Å². The quantitative estimate of drug-likeness (QED) is 0.542. The first-order valence-electron chi connectivity index (χ1n) is 8.39. The number of hydrogen-bond acceptors (Lipinski definition) is 4. The molecule has 0 saturated heterocycles. The number of methoxy groups -OCH3 is 1. The Labute approximate surface area is 160 Å². The van der Waals surface area contributed by atoms with Crippen LogP contribution >= 0.6 is 11.3 Å². The minimum atomic E-state index is -0.209. The molecule has 1 amide bonds. The molecule has 0 aliphatic carbocycles. The number of para-hydroxylation sites is 1. The number of nitrogens with zero attached hydrogens (tertiary/aromatic N) is 2. The number of benzene rings is 2. The molecule has 2 aromatic carbocycles. The Morgan fingerprint density at radius 1 is 1.07 bits per heavy atom. The van der Waals surface area contributed by atoms with E-state index in [0.717, 1.165) is 16.3 Å². The normalized spacial score (nSPS) is 10.6. The molecule has 5 nitrogen and oxygen atoms in total. The molecule has 0 spiro atoms. The van der Waals surface area contributed by atoms with Gasteiger partial charge in [-0.25, -0.2) is 4.68 Å². The van der Waals surface area contributed by atoms with Crippen LogP contribution < -0.4 is 10.1 Å². The van der Waals surface area contributed by atoms with Gasteiger partial charge in [0.15, 0.2) is 0 Å². The van der Waals surface area contributed by atoms with E-state index in [4.69, 9.17) is 9.84 Å². The number of carbonyl (C=O) groups is 1. The van der Waals surface area contributed by atoms with Gasteiger partial charge in [0.2, 0.25) is 0 Å². The minimum Gasteiger partial charge on any atom is -0.497 e. The number of hydrogen-bond donors (Lipinski definition) is 1. The van der Waals surface area contributed by atoms with Crippen molar-refractivity contribution in [2.75, 3.05) is 12.4 Å². The third-order valence-electron chi connectivity index (χ3n) is 4.07. The molecule has 0 bridgehead atoms. The smallest absolute Gasteiger partial charge is 0.255 e. The maximum absolute atomic E-state index is 12.7. The van der Waals surface area contributed by atoms with E-state index in [1.54, 1.807) is 47.4 Å². The summed E-state index contributed by atoms with van der Waals surface area (Å²) in [4.78, 5) is 13.7. The van der Waals surface area contributed by atoms with Crippen LogP contribution in [-0.4, -0.2) is 22.8 Å². The largest absolute Gasteiger partial charge is 0.497 e. The standard InChI is InChI=1S/C21H17N3O2S/c1-26-17-10-5-7-15(13-17)21(25)22-18-14-24(16-8-3-2-4-9-16)23-20(18)19-11-6-12-27-19/h2-14H,1H3,(H,22,25). The van der Waals surface area contributed by atoms with Crippen molar-refractivity contribution in [3.8, 4) is 22.0 Å². The van der Waals surface area contributed by atoms with Crippen molar-refractivity contribution in [3.63, 3.8) is 0 Å². The molecule has 134 valence electrons. The summed E-state index contributed by atoms with van der Waals surface area (Å²) in [5.41, 5.74) is 2.86. The van der Waals surface area contributed by atoms with E-state index in [1.807, 2.05) is 54.0 Å². The summed E-state index contributed by atoms with van der Waals surface area (Å²) in [6.07, 6.45) is 1.84. The maximum Gasteiger partial charge on any atom is 0.255 e. The van der Waals surface area contributed by atoms with Gasteiger partial charge in [-0.2, -0.15) is 5.10 Å². The van der Waals surface area contributed by atoms with Crippen LogP contribution in [0.1, 0.15) is 10.4 Å². The number of thiophene rings is 1. The Balaban J connectivity index is 1.70. The van der Waals surface area contributed by atoms with Gasteiger partial charge in [-0.3, -0.25) is 4.79 Å². The molecule has 4 aromatic rings. The number of anilines is 1. The number of nitrogens with one attached hydrogen (secondary N) is 1. The lowest BCUT2D eigenvalue weighted by Gasteiger charge is -2.06. The highest BCUT2D eigenvalue weighted by Gasteiger charge is 2.16. The fourth-order valence-corrected chi connectivity index (χ4v) is 3.46. The van der Waals surface area contributed by atoms with Crippen molar-refractivity contribution in [2.24, 2.45) is 0 Å². The van der Waals surface area contributed by atoms with E-state index in [2.05, 4.69) is 5.32 Å². The summed E-state index contributed by atoms with van der Waals surface area (Å²) in [5, 5.41) is 9.67. The molecular weight excluding hydrogens is 358 g/mol. The lowest BCUT2D eigenvalue weighted by Crippen LogP contribution is -2.12. The molecule has 2 aromatic heterocycles. The molecule has 4 rings (SSSR count). The van der Waals surface area contributed by atoms with Crippen LogP contribution in [0.4, 0.5) is 5.69 Å². The van der Waals surface area contributed by atoms with Gasteiger partial charge in [0.1, 0.15) is 11.4 Å². The highest BCUT2D eigenvalue weighted by Crippen LogP contribution is 2.31. The summed E-state index contributed by atoms with van der Waals surface area (Å²) in [7, 11) is 1.58. The number of carbonyl (C=O) groups excluding carboxylic acids is 1. The second kappa shape index (κ2) is 7.47. The van der Waals surface area contributed by atoms with E-state index < -0.39 is 0 Å². The van der Waals surface area contributed by atoms with Crippen LogP contribution in [0, 0.1) is 0 Å². The van der Waals surface area contributed by atoms with Gasteiger partial charge < -0.3 is 10.1 Å². The Kier molecular flexibility index (Phi) is 4.72. The zero-order chi connectivity index (χ0) is 18.6. The first-order valence-corrected chi connectivity index (χ1v) is 9.27. The molecule has 2 heterocycles. The van der Waals surface area contributed by atoms with Crippen LogP contribution in [-0.2, 0) is 0 Å². The monoisotopic (exact) mass is 375 g/mol. The fourth-order valence-electron chi connectivity index (χ4n) is 2.73. The third-order valence-corrected chi connectivity index (χ3v) is 4.95. The molecule has 0 aliphatic rings. The Bertz CT molecular complexity index is 1060. The Morgan fingerprint density at radius 3 is 2.67 bits per heavy atom. The van der Waals surface area contributed by atoms with Crippen molar-refractivity contribution >= 4 is 22.9 Å². The van der Waals surface area contributed by atoms with E-state index in [1.165, 1.54) is 0 Å². The summed E-state index contributed by atoms with van der Waals surface area (Å²) < 4.78 is 6.98. The SMILES string of the molecule is COc1cccc(C(=O)Nc2cn(-c3ccccc3)nc2-c2cccs2)c1. The summed E-state index contributed by atoms with van der Waals surface area (Å²) in [6, 6.07) is 20.8. The van der Waals surface area contributed by atoms with Crippen LogP contribution in [0.2, 0.25) is 0 Å². The molecule has 27 heavy (non-hydrogen) atoms. The first kappa shape index (κ1) is 17.1. The van der Waals surface area contributed by atoms with E-state index in [9.17, 15) is 4.79 Å². The number of aromatic nitrogens is 2. The van der Waals surface area contributed by atoms with Crippen molar-refractivity contribution in [1.82, 2.24) is 9.78 Å².